The van der Waals surface area contributed by atoms with Crippen molar-refractivity contribution < 1.29 is 9.90 Å². The predicted molar refractivity (Wildman–Crippen MR) is 50.8 cm³/mol. The molecule has 1 rings (SSSR count). The van der Waals surface area contributed by atoms with Gasteiger partial charge in [0.25, 0.3) is 0 Å². The summed E-state index contributed by atoms with van der Waals surface area (Å²) in [6, 6.07) is 2.01. The molecule has 1 aromatic heterocycles. The first-order chi connectivity index (χ1) is 6.00. The van der Waals surface area contributed by atoms with Gasteiger partial charge in [-0.2, -0.15) is 0 Å². The monoisotopic (exact) mass is 181 g/mol. The summed E-state index contributed by atoms with van der Waals surface area (Å²) in [5.41, 5.74) is 3.27. The number of aliphatic carboxylic acids is 1. The zero-order valence-electron chi connectivity index (χ0n) is 8.22. The lowest BCUT2D eigenvalue weighted by molar-refractivity contribution is -0.141. The van der Waals surface area contributed by atoms with Crippen LogP contribution in [0.25, 0.3) is 0 Å². The smallest absolute Gasteiger partial charge is 0.306 e. The number of nitrogens with one attached hydrogen (secondary N) is 1. The Balaban J connectivity index is 2.74. The van der Waals surface area contributed by atoms with Gasteiger partial charge in [-0.3, -0.25) is 4.79 Å². The first-order valence-corrected chi connectivity index (χ1v) is 4.38. The van der Waals surface area contributed by atoms with E-state index in [0.29, 0.717) is 6.42 Å². The summed E-state index contributed by atoms with van der Waals surface area (Å²) in [6.07, 6.45) is 0.603. The van der Waals surface area contributed by atoms with Crippen molar-refractivity contribution in [3.05, 3.63) is 23.0 Å². The molecular weight excluding hydrogens is 166 g/mol. The Kier molecular flexibility index (Phi) is 2.76. The number of carbonyl (C=O) groups is 1. The van der Waals surface area contributed by atoms with Crippen LogP contribution in [0.5, 0.6) is 0 Å². The van der Waals surface area contributed by atoms with E-state index in [-0.39, 0.29) is 5.92 Å². The topological polar surface area (TPSA) is 53.1 Å². The minimum absolute atomic E-state index is 0.311. The summed E-state index contributed by atoms with van der Waals surface area (Å²) in [6.45, 7) is 5.67. The van der Waals surface area contributed by atoms with Crippen molar-refractivity contribution >= 4 is 5.97 Å². The molecule has 1 atom stereocenters. The van der Waals surface area contributed by atoms with Gasteiger partial charge in [0, 0.05) is 11.4 Å². The molecule has 1 unspecified atom stereocenters. The number of aromatic amines is 1. The standard InChI is InChI=1S/C10H15NO2/c1-6(10(12)13)4-9-5-7(2)11-8(9)3/h5-6,11H,4H2,1-3H3,(H,12,13). The highest BCUT2D eigenvalue weighted by atomic mass is 16.4. The lowest BCUT2D eigenvalue weighted by atomic mass is 10.0. The maximum atomic E-state index is 10.6. The van der Waals surface area contributed by atoms with Crippen molar-refractivity contribution in [1.29, 1.82) is 0 Å². The van der Waals surface area contributed by atoms with Gasteiger partial charge in [0.2, 0.25) is 0 Å². The number of hydrogen-bond acceptors (Lipinski definition) is 1. The van der Waals surface area contributed by atoms with E-state index in [1.807, 2.05) is 19.9 Å². The van der Waals surface area contributed by atoms with Crippen LogP contribution in [-0.4, -0.2) is 16.1 Å². The van der Waals surface area contributed by atoms with Gasteiger partial charge in [-0.1, -0.05) is 6.92 Å². The minimum Gasteiger partial charge on any atom is -0.481 e. The molecule has 0 amide bonds. The van der Waals surface area contributed by atoms with E-state index in [9.17, 15) is 4.79 Å². The lowest BCUT2D eigenvalue weighted by Gasteiger charge is -2.04. The SMILES string of the molecule is Cc1cc(CC(C)C(=O)O)c(C)[nH]1. The van der Waals surface area contributed by atoms with Crippen LogP contribution in [-0.2, 0) is 11.2 Å². The molecule has 0 aliphatic rings. The van der Waals surface area contributed by atoms with Crippen LogP contribution in [0.3, 0.4) is 0 Å². The van der Waals surface area contributed by atoms with Gasteiger partial charge < -0.3 is 10.1 Å². The molecule has 0 aromatic carbocycles. The lowest BCUT2D eigenvalue weighted by Crippen LogP contribution is -2.12. The summed E-state index contributed by atoms with van der Waals surface area (Å²) in [4.78, 5) is 13.8. The van der Waals surface area contributed by atoms with E-state index < -0.39 is 5.97 Å². The third-order valence-corrected chi connectivity index (χ3v) is 2.20. The van der Waals surface area contributed by atoms with Gasteiger partial charge in [-0.25, -0.2) is 0 Å². The molecule has 1 heterocycles. The van der Waals surface area contributed by atoms with Crippen molar-refractivity contribution in [2.75, 3.05) is 0 Å². The first kappa shape index (κ1) is 9.84. The van der Waals surface area contributed by atoms with E-state index in [1.165, 1.54) is 0 Å². The summed E-state index contributed by atoms with van der Waals surface area (Å²) >= 11 is 0. The Bertz CT molecular complexity index is 315. The molecule has 2 N–H and O–H groups in total. The molecule has 3 nitrogen and oxygen atoms in total. The maximum absolute atomic E-state index is 10.6. The fourth-order valence-electron chi connectivity index (χ4n) is 1.41. The van der Waals surface area contributed by atoms with Crippen LogP contribution in [0.15, 0.2) is 6.07 Å². The first-order valence-electron chi connectivity index (χ1n) is 4.38. The highest BCUT2D eigenvalue weighted by Gasteiger charge is 2.13. The fraction of sp³-hybridized carbons (Fsp3) is 0.500. The third kappa shape index (κ3) is 2.34. The van der Waals surface area contributed by atoms with Gasteiger partial charge in [0.05, 0.1) is 5.92 Å². The Labute approximate surface area is 77.8 Å². The molecule has 1 aromatic rings. The number of hydrogen-bond donors (Lipinski definition) is 2. The molecule has 0 aliphatic heterocycles. The molecule has 72 valence electrons. The van der Waals surface area contributed by atoms with Crippen LogP contribution < -0.4 is 0 Å². The van der Waals surface area contributed by atoms with Crippen molar-refractivity contribution in [1.82, 2.24) is 4.98 Å². The molecule has 0 radical (unpaired) electrons. The van der Waals surface area contributed by atoms with Crippen molar-refractivity contribution in [3.8, 4) is 0 Å². The molecule has 0 spiro atoms. The average Bonchev–Trinajstić information content (AvgIpc) is 2.30. The van der Waals surface area contributed by atoms with Crippen molar-refractivity contribution in [3.63, 3.8) is 0 Å². The van der Waals surface area contributed by atoms with Crippen LogP contribution in [0.4, 0.5) is 0 Å². The van der Waals surface area contributed by atoms with Crippen LogP contribution in [0.2, 0.25) is 0 Å². The van der Waals surface area contributed by atoms with E-state index in [1.54, 1.807) is 6.92 Å². The van der Waals surface area contributed by atoms with Gasteiger partial charge in [-0.15, -0.1) is 0 Å². The Morgan fingerprint density at radius 2 is 2.23 bits per heavy atom. The Hall–Kier alpha value is -1.25. The number of rotatable bonds is 3. The zero-order valence-corrected chi connectivity index (χ0v) is 8.22. The molecule has 13 heavy (non-hydrogen) atoms. The fourth-order valence-corrected chi connectivity index (χ4v) is 1.41. The van der Waals surface area contributed by atoms with E-state index in [2.05, 4.69) is 4.98 Å². The molecule has 3 heteroatoms. The van der Waals surface area contributed by atoms with Crippen LogP contribution >= 0.6 is 0 Å². The third-order valence-electron chi connectivity index (χ3n) is 2.20. The zero-order chi connectivity index (χ0) is 10.0. The highest BCUT2D eigenvalue weighted by Crippen LogP contribution is 2.14. The van der Waals surface area contributed by atoms with Crippen LogP contribution in [0, 0.1) is 19.8 Å². The number of aryl methyl sites for hydroxylation is 2. The Morgan fingerprint density at radius 3 is 2.62 bits per heavy atom. The molecule has 0 fully saturated rings. The van der Waals surface area contributed by atoms with Crippen molar-refractivity contribution in [2.45, 2.75) is 27.2 Å². The average molecular weight is 181 g/mol. The van der Waals surface area contributed by atoms with Gasteiger partial charge >= 0.3 is 5.97 Å². The largest absolute Gasteiger partial charge is 0.481 e. The second-order valence-corrected chi connectivity index (χ2v) is 3.55. The van der Waals surface area contributed by atoms with Gasteiger partial charge in [-0.05, 0) is 31.9 Å². The molecule has 0 saturated carbocycles. The predicted octanol–water partition coefficient (Wildman–Crippen LogP) is 1.89. The number of carboxylic acids is 1. The summed E-state index contributed by atoms with van der Waals surface area (Å²) in [5, 5.41) is 8.73. The molecule has 0 aliphatic carbocycles. The number of aromatic nitrogens is 1. The van der Waals surface area contributed by atoms with Gasteiger partial charge in [0.1, 0.15) is 0 Å². The second kappa shape index (κ2) is 3.64. The van der Waals surface area contributed by atoms with Crippen LogP contribution in [0.1, 0.15) is 23.9 Å². The van der Waals surface area contributed by atoms with E-state index in [0.717, 1.165) is 17.0 Å². The van der Waals surface area contributed by atoms with Gasteiger partial charge in [0.15, 0.2) is 0 Å². The summed E-state index contributed by atoms with van der Waals surface area (Å²) in [5.74, 6) is -1.05. The Morgan fingerprint density at radius 1 is 1.62 bits per heavy atom. The molecule has 0 bridgehead atoms. The van der Waals surface area contributed by atoms with E-state index >= 15 is 0 Å². The maximum Gasteiger partial charge on any atom is 0.306 e. The quantitative estimate of drug-likeness (QED) is 0.748. The molecule has 0 saturated heterocycles. The second-order valence-electron chi connectivity index (χ2n) is 3.55. The van der Waals surface area contributed by atoms with E-state index in [4.69, 9.17) is 5.11 Å². The normalized spacial score (nSPS) is 12.8. The minimum atomic E-state index is -0.738. The molecular formula is C10H15NO2. The number of carboxylic acid groups (broad SMARTS) is 1. The summed E-state index contributed by atoms with van der Waals surface area (Å²) in [7, 11) is 0. The highest BCUT2D eigenvalue weighted by molar-refractivity contribution is 5.69. The number of H-pyrrole nitrogens is 1. The summed E-state index contributed by atoms with van der Waals surface area (Å²) < 4.78 is 0. The van der Waals surface area contributed by atoms with Crippen molar-refractivity contribution in [2.24, 2.45) is 5.92 Å².